The lowest BCUT2D eigenvalue weighted by Gasteiger charge is -2.12. The summed E-state index contributed by atoms with van der Waals surface area (Å²) in [6.45, 7) is 3.60. The van der Waals surface area contributed by atoms with Crippen molar-refractivity contribution in [2.24, 2.45) is 5.73 Å². The van der Waals surface area contributed by atoms with E-state index < -0.39 is 5.82 Å². The fourth-order valence-corrected chi connectivity index (χ4v) is 1.76. The van der Waals surface area contributed by atoms with E-state index in [0.717, 1.165) is 5.56 Å². The highest BCUT2D eigenvalue weighted by Crippen LogP contribution is 2.24. The van der Waals surface area contributed by atoms with Crippen molar-refractivity contribution in [2.45, 2.75) is 32.9 Å². The second kappa shape index (κ2) is 5.79. The van der Waals surface area contributed by atoms with E-state index in [1.54, 1.807) is 19.1 Å². The Morgan fingerprint density at radius 1 is 1.47 bits per heavy atom. The second-order valence-electron chi connectivity index (χ2n) is 4.43. The van der Waals surface area contributed by atoms with Crippen LogP contribution in [-0.4, -0.2) is 16.2 Å². The molecule has 0 amide bonds. The maximum Gasteiger partial charge on any atom is 0.264 e. The fourth-order valence-electron chi connectivity index (χ4n) is 1.76. The molecule has 1 atom stereocenters. The Hall–Kier alpha value is -1.95. The van der Waals surface area contributed by atoms with Crippen LogP contribution in [0.1, 0.15) is 24.2 Å². The van der Waals surface area contributed by atoms with Gasteiger partial charge in [0.2, 0.25) is 0 Å². The monoisotopic (exact) mass is 265 g/mol. The molecule has 2 N–H and O–H groups in total. The summed E-state index contributed by atoms with van der Waals surface area (Å²) >= 11 is 0. The molecule has 0 bridgehead atoms. The lowest BCUT2D eigenvalue weighted by atomic mass is 10.1. The van der Waals surface area contributed by atoms with Crippen LogP contribution in [0.3, 0.4) is 0 Å². The molecule has 0 saturated carbocycles. The molecule has 0 spiro atoms. The van der Waals surface area contributed by atoms with Crippen molar-refractivity contribution in [3.63, 3.8) is 0 Å². The van der Waals surface area contributed by atoms with Gasteiger partial charge in [-0.3, -0.25) is 0 Å². The molecule has 2 rings (SSSR count). The first-order valence-electron chi connectivity index (χ1n) is 6.01. The van der Waals surface area contributed by atoms with E-state index in [0.29, 0.717) is 18.1 Å². The standard InChI is InChI=1S/C13H16FN3O2/c1-8(15)6-10-4-3-5-11(14)13(10)18-7-12-16-9(2)17-19-12/h3-5,8H,6-7,15H2,1-2H3. The number of rotatable bonds is 5. The van der Waals surface area contributed by atoms with Crippen LogP contribution in [0.4, 0.5) is 4.39 Å². The van der Waals surface area contributed by atoms with Crippen LogP contribution in [0.5, 0.6) is 5.75 Å². The number of hydrogen-bond donors (Lipinski definition) is 1. The van der Waals surface area contributed by atoms with Gasteiger partial charge in [0.05, 0.1) is 0 Å². The van der Waals surface area contributed by atoms with Gasteiger partial charge < -0.3 is 15.0 Å². The van der Waals surface area contributed by atoms with Gasteiger partial charge in [-0.1, -0.05) is 17.3 Å². The maximum atomic E-state index is 13.8. The number of nitrogens with two attached hydrogens (primary N) is 1. The Balaban J connectivity index is 2.14. The number of aromatic nitrogens is 2. The summed E-state index contributed by atoms with van der Waals surface area (Å²) in [6, 6.07) is 4.70. The van der Waals surface area contributed by atoms with Crippen molar-refractivity contribution in [3.8, 4) is 5.75 Å². The predicted octanol–water partition coefficient (Wildman–Crippen LogP) is 1.99. The molecule has 0 fully saturated rings. The Kier molecular flexibility index (Phi) is 4.11. The van der Waals surface area contributed by atoms with Gasteiger partial charge in [0.25, 0.3) is 5.89 Å². The van der Waals surface area contributed by atoms with E-state index >= 15 is 0 Å². The fraction of sp³-hybridized carbons (Fsp3) is 0.385. The molecule has 102 valence electrons. The van der Waals surface area contributed by atoms with Crippen molar-refractivity contribution in [3.05, 3.63) is 41.3 Å². The average molecular weight is 265 g/mol. The lowest BCUT2D eigenvalue weighted by molar-refractivity contribution is 0.232. The highest BCUT2D eigenvalue weighted by Gasteiger charge is 2.13. The van der Waals surface area contributed by atoms with Crippen LogP contribution >= 0.6 is 0 Å². The van der Waals surface area contributed by atoms with Crippen molar-refractivity contribution >= 4 is 0 Å². The summed E-state index contributed by atoms with van der Waals surface area (Å²) in [5, 5.41) is 3.64. The number of benzene rings is 1. The first-order chi connectivity index (χ1) is 9.06. The summed E-state index contributed by atoms with van der Waals surface area (Å²) in [7, 11) is 0. The molecule has 6 heteroatoms. The first kappa shape index (κ1) is 13.5. The van der Waals surface area contributed by atoms with E-state index in [4.69, 9.17) is 15.0 Å². The molecular weight excluding hydrogens is 249 g/mol. The largest absolute Gasteiger partial charge is 0.480 e. The molecule has 1 aromatic heterocycles. The van der Waals surface area contributed by atoms with E-state index in [9.17, 15) is 4.39 Å². The van der Waals surface area contributed by atoms with Crippen molar-refractivity contribution < 1.29 is 13.7 Å². The van der Waals surface area contributed by atoms with Crippen LogP contribution < -0.4 is 10.5 Å². The van der Waals surface area contributed by atoms with Crippen LogP contribution in [0.25, 0.3) is 0 Å². The highest BCUT2D eigenvalue weighted by atomic mass is 19.1. The summed E-state index contributed by atoms with van der Waals surface area (Å²) in [4.78, 5) is 4.00. The van der Waals surface area contributed by atoms with E-state index in [1.807, 2.05) is 6.92 Å². The van der Waals surface area contributed by atoms with Gasteiger partial charge in [0, 0.05) is 6.04 Å². The molecule has 0 aliphatic rings. The van der Waals surface area contributed by atoms with Crippen LogP contribution in [-0.2, 0) is 13.0 Å². The molecule has 0 aliphatic heterocycles. The van der Waals surface area contributed by atoms with E-state index in [-0.39, 0.29) is 18.4 Å². The second-order valence-corrected chi connectivity index (χ2v) is 4.43. The summed E-state index contributed by atoms with van der Waals surface area (Å²) < 4.78 is 24.1. The first-order valence-corrected chi connectivity index (χ1v) is 6.01. The molecule has 19 heavy (non-hydrogen) atoms. The zero-order valence-corrected chi connectivity index (χ0v) is 10.9. The topological polar surface area (TPSA) is 74.2 Å². The quantitative estimate of drug-likeness (QED) is 0.894. The van der Waals surface area contributed by atoms with Gasteiger partial charge in [-0.05, 0) is 31.9 Å². The van der Waals surface area contributed by atoms with Crippen molar-refractivity contribution in [1.29, 1.82) is 0 Å². The zero-order valence-electron chi connectivity index (χ0n) is 10.9. The van der Waals surface area contributed by atoms with Crippen molar-refractivity contribution in [2.75, 3.05) is 0 Å². The minimum atomic E-state index is -0.422. The van der Waals surface area contributed by atoms with E-state index in [1.165, 1.54) is 6.07 Å². The Bertz CT molecular complexity index is 555. The molecule has 1 heterocycles. The third-order valence-corrected chi connectivity index (χ3v) is 2.50. The van der Waals surface area contributed by atoms with Gasteiger partial charge in [-0.25, -0.2) is 4.39 Å². The Morgan fingerprint density at radius 2 is 2.26 bits per heavy atom. The maximum absolute atomic E-state index is 13.8. The minimum absolute atomic E-state index is 0.0354. The Morgan fingerprint density at radius 3 is 2.89 bits per heavy atom. The van der Waals surface area contributed by atoms with Gasteiger partial charge >= 0.3 is 0 Å². The summed E-state index contributed by atoms with van der Waals surface area (Å²) in [5.41, 5.74) is 6.46. The normalized spacial score (nSPS) is 12.4. The molecular formula is C13H16FN3O2. The molecule has 5 nitrogen and oxygen atoms in total. The molecule has 1 unspecified atom stereocenters. The summed E-state index contributed by atoms with van der Waals surface area (Å²) in [5.74, 6) is 0.598. The number of ether oxygens (including phenoxy) is 1. The average Bonchev–Trinajstić information content (AvgIpc) is 2.73. The molecule has 0 radical (unpaired) electrons. The van der Waals surface area contributed by atoms with Gasteiger partial charge in [-0.15, -0.1) is 0 Å². The van der Waals surface area contributed by atoms with E-state index in [2.05, 4.69) is 10.1 Å². The number of aryl methyl sites for hydroxylation is 1. The smallest absolute Gasteiger partial charge is 0.264 e. The number of para-hydroxylation sites is 1. The van der Waals surface area contributed by atoms with Gasteiger partial charge in [-0.2, -0.15) is 4.98 Å². The van der Waals surface area contributed by atoms with Gasteiger partial charge in [0.15, 0.2) is 24.0 Å². The molecule has 0 saturated heterocycles. The SMILES string of the molecule is Cc1noc(COc2c(F)cccc2CC(C)N)n1. The summed E-state index contributed by atoms with van der Waals surface area (Å²) in [6.07, 6.45) is 0.538. The lowest BCUT2D eigenvalue weighted by Crippen LogP contribution is -2.18. The molecule has 2 aromatic rings. The molecule has 1 aromatic carbocycles. The predicted molar refractivity (Wildman–Crippen MR) is 67.1 cm³/mol. The number of hydrogen-bond acceptors (Lipinski definition) is 5. The Labute approximate surface area is 110 Å². The minimum Gasteiger partial charge on any atom is -0.480 e. The number of nitrogens with zero attached hydrogens (tertiary/aromatic N) is 2. The van der Waals surface area contributed by atoms with Crippen LogP contribution in [0, 0.1) is 12.7 Å². The highest BCUT2D eigenvalue weighted by molar-refractivity contribution is 5.35. The third-order valence-electron chi connectivity index (χ3n) is 2.50. The van der Waals surface area contributed by atoms with Crippen molar-refractivity contribution in [1.82, 2.24) is 10.1 Å². The van der Waals surface area contributed by atoms with Gasteiger partial charge in [0.1, 0.15) is 0 Å². The number of halogens is 1. The van der Waals surface area contributed by atoms with Crippen LogP contribution in [0.2, 0.25) is 0 Å². The zero-order chi connectivity index (χ0) is 13.8. The molecule has 0 aliphatic carbocycles. The third kappa shape index (κ3) is 3.51. The van der Waals surface area contributed by atoms with Crippen LogP contribution in [0.15, 0.2) is 22.7 Å².